The van der Waals surface area contributed by atoms with E-state index < -0.39 is 0 Å². The number of carbonyl (C=O) groups excluding carboxylic acids is 1. The summed E-state index contributed by atoms with van der Waals surface area (Å²) in [7, 11) is 1.85. The monoisotopic (exact) mass is 266 g/mol. The van der Waals surface area contributed by atoms with Crippen molar-refractivity contribution in [1.82, 2.24) is 10.2 Å². The molecule has 0 saturated carbocycles. The normalized spacial score (nSPS) is 18.9. The van der Waals surface area contributed by atoms with E-state index in [2.05, 4.69) is 5.32 Å². The van der Waals surface area contributed by atoms with Crippen LogP contribution in [-0.4, -0.2) is 37.5 Å². The summed E-state index contributed by atoms with van der Waals surface area (Å²) in [5, 5.41) is 3.95. The van der Waals surface area contributed by atoms with Gasteiger partial charge in [-0.3, -0.25) is 4.79 Å². The van der Waals surface area contributed by atoms with Crippen LogP contribution in [0.3, 0.4) is 0 Å². The van der Waals surface area contributed by atoms with Gasteiger partial charge in [-0.1, -0.05) is 17.7 Å². The predicted octanol–water partition coefficient (Wildman–Crippen LogP) is 2.41. The van der Waals surface area contributed by atoms with Crippen molar-refractivity contribution in [3.8, 4) is 0 Å². The van der Waals surface area contributed by atoms with E-state index in [-0.39, 0.29) is 5.91 Å². The summed E-state index contributed by atoms with van der Waals surface area (Å²) < 4.78 is 0. The zero-order valence-corrected chi connectivity index (χ0v) is 11.4. The zero-order valence-electron chi connectivity index (χ0n) is 10.7. The smallest absolute Gasteiger partial charge is 0.253 e. The average Bonchev–Trinajstić information content (AvgIpc) is 2.88. The van der Waals surface area contributed by atoms with Crippen molar-refractivity contribution in [3.63, 3.8) is 0 Å². The molecule has 1 amide bonds. The lowest BCUT2D eigenvalue weighted by Gasteiger charge is -2.19. The Kier molecular flexibility index (Phi) is 4.61. The van der Waals surface area contributed by atoms with Gasteiger partial charge in [-0.15, -0.1) is 0 Å². The van der Waals surface area contributed by atoms with Gasteiger partial charge in [0, 0.05) is 24.2 Å². The van der Waals surface area contributed by atoms with Gasteiger partial charge in [-0.25, -0.2) is 0 Å². The molecule has 3 nitrogen and oxygen atoms in total. The van der Waals surface area contributed by atoms with E-state index in [1.807, 2.05) is 19.2 Å². The van der Waals surface area contributed by atoms with E-state index in [9.17, 15) is 4.79 Å². The Morgan fingerprint density at radius 3 is 3.06 bits per heavy atom. The number of nitrogens with one attached hydrogen (secondary N) is 1. The molecule has 1 saturated heterocycles. The molecule has 2 rings (SSSR count). The van der Waals surface area contributed by atoms with Crippen LogP contribution in [0.2, 0.25) is 5.02 Å². The van der Waals surface area contributed by atoms with Crippen molar-refractivity contribution in [2.45, 2.75) is 12.8 Å². The minimum Gasteiger partial charge on any atom is -0.342 e. The second kappa shape index (κ2) is 6.21. The molecule has 1 heterocycles. The molecule has 0 bridgehead atoms. The molecule has 0 aromatic heterocycles. The van der Waals surface area contributed by atoms with Gasteiger partial charge in [0.25, 0.3) is 5.91 Å². The first-order valence-corrected chi connectivity index (χ1v) is 6.76. The highest BCUT2D eigenvalue weighted by Gasteiger charge is 2.17. The summed E-state index contributed by atoms with van der Waals surface area (Å²) in [5.74, 6) is 0.753. The molecular weight excluding hydrogens is 248 g/mol. The van der Waals surface area contributed by atoms with Gasteiger partial charge in [0.1, 0.15) is 0 Å². The Morgan fingerprint density at radius 2 is 2.39 bits per heavy atom. The van der Waals surface area contributed by atoms with E-state index in [1.54, 1.807) is 17.0 Å². The van der Waals surface area contributed by atoms with Crippen molar-refractivity contribution in [3.05, 3.63) is 34.9 Å². The second-order valence-corrected chi connectivity index (χ2v) is 5.32. The molecule has 4 heteroatoms. The van der Waals surface area contributed by atoms with Crippen molar-refractivity contribution >= 4 is 17.5 Å². The highest BCUT2D eigenvalue weighted by molar-refractivity contribution is 6.30. The predicted molar refractivity (Wildman–Crippen MR) is 74.0 cm³/mol. The Hall–Kier alpha value is -1.06. The van der Waals surface area contributed by atoms with Crippen molar-refractivity contribution in [1.29, 1.82) is 0 Å². The number of hydrogen-bond donors (Lipinski definition) is 1. The molecule has 1 aromatic carbocycles. The molecule has 0 radical (unpaired) electrons. The lowest BCUT2D eigenvalue weighted by atomic mass is 10.0. The minimum atomic E-state index is 0.0449. The molecule has 1 aliphatic heterocycles. The number of amides is 1. The quantitative estimate of drug-likeness (QED) is 0.908. The largest absolute Gasteiger partial charge is 0.342 e. The Morgan fingerprint density at radius 1 is 1.56 bits per heavy atom. The van der Waals surface area contributed by atoms with Gasteiger partial charge in [0.2, 0.25) is 0 Å². The highest BCUT2D eigenvalue weighted by atomic mass is 35.5. The molecule has 1 aliphatic rings. The number of benzene rings is 1. The van der Waals surface area contributed by atoms with Crippen molar-refractivity contribution < 1.29 is 4.79 Å². The van der Waals surface area contributed by atoms with Gasteiger partial charge in [-0.2, -0.15) is 0 Å². The third kappa shape index (κ3) is 3.47. The molecule has 1 aromatic rings. The molecule has 0 aliphatic carbocycles. The first-order chi connectivity index (χ1) is 8.66. The molecule has 1 N–H and O–H groups in total. The van der Waals surface area contributed by atoms with Crippen LogP contribution in [0.25, 0.3) is 0 Å². The van der Waals surface area contributed by atoms with E-state index in [0.717, 1.165) is 26.1 Å². The fourth-order valence-corrected chi connectivity index (χ4v) is 2.47. The van der Waals surface area contributed by atoms with E-state index in [1.165, 1.54) is 6.42 Å². The summed E-state index contributed by atoms with van der Waals surface area (Å²) in [6.07, 6.45) is 2.29. The van der Waals surface area contributed by atoms with Gasteiger partial charge >= 0.3 is 0 Å². The molecule has 1 fully saturated rings. The number of nitrogens with zero attached hydrogens (tertiary/aromatic N) is 1. The van der Waals surface area contributed by atoms with E-state index in [0.29, 0.717) is 16.5 Å². The van der Waals surface area contributed by atoms with Gasteiger partial charge in [0.15, 0.2) is 0 Å². The molecule has 98 valence electrons. The van der Waals surface area contributed by atoms with Crippen LogP contribution in [0, 0.1) is 5.92 Å². The average molecular weight is 267 g/mol. The van der Waals surface area contributed by atoms with Crippen LogP contribution >= 0.6 is 11.6 Å². The summed E-state index contributed by atoms with van der Waals surface area (Å²) in [4.78, 5) is 13.9. The van der Waals surface area contributed by atoms with E-state index in [4.69, 9.17) is 11.6 Å². The fourth-order valence-electron chi connectivity index (χ4n) is 2.28. The minimum absolute atomic E-state index is 0.0449. The maximum Gasteiger partial charge on any atom is 0.253 e. The van der Waals surface area contributed by atoms with Crippen LogP contribution in [0.1, 0.15) is 23.2 Å². The van der Waals surface area contributed by atoms with Crippen LogP contribution in [0.15, 0.2) is 24.3 Å². The topological polar surface area (TPSA) is 32.3 Å². The van der Waals surface area contributed by atoms with Crippen LogP contribution in [0.4, 0.5) is 0 Å². The first kappa shape index (κ1) is 13.4. The lowest BCUT2D eigenvalue weighted by Crippen LogP contribution is -2.29. The van der Waals surface area contributed by atoms with Gasteiger partial charge in [0.05, 0.1) is 0 Å². The first-order valence-electron chi connectivity index (χ1n) is 6.38. The number of carbonyl (C=O) groups is 1. The summed E-state index contributed by atoms with van der Waals surface area (Å²) in [6, 6.07) is 7.12. The number of hydrogen-bond acceptors (Lipinski definition) is 2. The van der Waals surface area contributed by atoms with Crippen LogP contribution in [-0.2, 0) is 0 Å². The van der Waals surface area contributed by atoms with Gasteiger partial charge < -0.3 is 10.2 Å². The summed E-state index contributed by atoms with van der Waals surface area (Å²) >= 11 is 5.90. The van der Waals surface area contributed by atoms with Crippen molar-refractivity contribution in [2.75, 3.05) is 26.7 Å². The second-order valence-electron chi connectivity index (χ2n) is 4.88. The Bertz CT molecular complexity index is 416. The summed E-state index contributed by atoms with van der Waals surface area (Å²) in [5.41, 5.74) is 0.662. The fraction of sp³-hybridized carbons (Fsp3) is 0.500. The molecule has 1 unspecified atom stereocenters. The maximum atomic E-state index is 12.2. The van der Waals surface area contributed by atoms with Gasteiger partial charge in [-0.05, 0) is 50.0 Å². The molecule has 0 spiro atoms. The molecular formula is C14H19ClN2O. The van der Waals surface area contributed by atoms with Crippen LogP contribution < -0.4 is 5.32 Å². The maximum absolute atomic E-state index is 12.2. The van der Waals surface area contributed by atoms with Crippen molar-refractivity contribution in [2.24, 2.45) is 5.92 Å². The standard InChI is InChI=1S/C14H19ClN2O/c1-17(8-6-11-5-7-16-10-11)14(18)12-3-2-4-13(15)9-12/h2-4,9,11,16H,5-8,10H2,1H3. The van der Waals surface area contributed by atoms with E-state index >= 15 is 0 Å². The number of rotatable bonds is 4. The Balaban J connectivity index is 1.87. The number of halogens is 1. The molecule has 18 heavy (non-hydrogen) atoms. The third-order valence-corrected chi connectivity index (χ3v) is 3.69. The van der Waals surface area contributed by atoms with Crippen LogP contribution in [0.5, 0.6) is 0 Å². The SMILES string of the molecule is CN(CCC1CCNC1)C(=O)c1cccc(Cl)c1. The summed E-state index contributed by atoms with van der Waals surface area (Å²) in [6.45, 7) is 2.99. The Labute approximate surface area is 113 Å². The highest BCUT2D eigenvalue weighted by Crippen LogP contribution is 2.15. The lowest BCUT2D eigenvalue weighted by molar-refractivity contribution is 0.0788. The zero-order chi connectivity index (χ0) is 13.0. The third-order valence-electron chi connectivity index (χ3n) is 3.45. The molecule has 1 atom stereocenters.